The van der Waals surface area contributed by atoms with Gasteiger partial charge in [0, 0.05) is 29.0 Å². The molecule has 1 N–H and O–H groups in total. The minimum Gasteiger partial charge on any atom is -0.491 e. The Morgan fingerprint density at radius 2 is 1.79 bits per heavy atom. The van der Waals surface area contributed by atoms with Crippen molar-refractivity contribution in [1.82, 2.24) is 4.98 Å². The third kappa shape index (κ3) is 3.99. The molecule has 0 bridgehead atoms. The average molecular weight is 393 g/mol. The third-order valence-corrected chi connectivity index (χ3v) is 4.23. The summed E-state index contributed by atoms with van der Waals surface area (Å²) in [6, 6.07) is 11.7. The number of benzene rings is 2. The zero-order chi connectivity index (χ0) is 20.5. The van der Waals surface area contributed by atoms with Gasteiger partial charge in [-0.2, -0.15) is 0 Å². The van der Waals surface area contributed by atoms with Crippen molar-refractivity contribution in [2.75, 3.05) is 5.32 Å². The molecule has 2 heterocycles. The van der Waals surface area contributed by atoms with Crippen molar-refractivity contribution in [3.8, 4) is 5.75 Å². The van der Waals surface area contributed by atoms with Gasteiger partial charge >= 0.3 is 0 Å². The number of aliphatic imine (C=N–C) groups is 1. The molecule has 1 aliphatic rings. The number of ether oxygens (including phenoxy) is 1. The molecule has 1 aromatic heterocycles. The van der Waals surface area contributed by atoms with E-state index in [1.165, 1.54) is 6.20 Å². The summed E-state index contributed by atoms with van der Waals surface area (Å²) in [7, 11) is 0. The molecule has 5 nitrogen and oxygen atoms in total. The molecule has 0 atom stereocenters. The molecule has 2 aromatic carbocycles. The molecule has 0 unspecified atom stereocenters. The summed E-state index contributed by atoms with van der Waals surface area (Å²) in [6.07, 6.45) is 1.59. The lowest BCUT2D eigenvalue weighted by Crippen LogP contribution is -2.16. The molecule has 1 amide bonds. The van der Waals surface area contributed by atoms with Crippen LogP contribution in [0.1, 0.15) is 35.3 Å². The SMILES string of the molecule is CC(C)Oc1ccc2c(c1)C(c1ccnc(NC(=O)c3cc(F)cc(F)c3)c1)=N2. The lowest BCUT2D eigenvalue weighted by Gasteiger charge is -2.21. The minimum absolute atomic E-state index is 0.0592. The summed E-state index contributed by atoms with van der Waals surface area (Å²) in [6.45, 7) is 3.91. The van der Waals surface area contributed by atoms with E-state index in [9.17, 15) is 13.6 Å². The van der Waals surface area contributed by atoms with Gasteiger partial charge in [0.15, 0.2) is 0 Å². The molecule has 0 saturated carbocycles. The van der Waals surface area contributed by atoms with E-state index < -0.39 is 17.5 Å². The fourth-order valence-electron chi connectivity index (χ4n) is 3.02. The van der Waals surface area contributed by atoms with Gasteiger partial charge in [0.2, 0.25) is 0 Å². The number of amides is 1. The third-order valence-electron chi connectivity index (χ3n) is 4.23. The summed E-state index contributed by atoms with van der Waals surface area (Å²) in [4.78, 5) is 20.9. The maximum atomic E-state index is 13.3. The summed E-state index contributed by atoms with van der Waals surface area (Å²) in [5.41, 5.74) is 3.18. The predicted octanol–water partition coefficient (Wildman–Crippen LogP) is 4.88. The number of nitrogens with zero attached hydrogens (tertiary/aromatic N) is 2. The van der Waals surface area contributed by atoms with Gasteiger partial charge in [-0.25, -0.2) is 18.8 Å². The van der Waals surface area contributed by atoms with Crippen LogP contribution in [-0.2, 0) is 0 Å². The Morgan fingerprint density at radius 1 is 1.03 bits per heavy atom. The standard InChI is InChI=1S/C22H17F2N3O2/c1-12(2)29-17-3-4-19-18(11-17)21(26-19)13-5-6-25-20(9-13)27-22(28)14-7-15(23)10-16(24)8-14/h3-12H,1-2H3,(H,25,27,28). The van der Waals surface area contributed by atoms with Crippen LogP contribution >= 0.6 is 0 Å². The normalized spacial score (nSPS) is 12.1. The first kappa shape index (κ1) is 18.7. The molecule has 3 aromatic rings. The fourth-order valence-corrected chi connectivity index (χ4v) is 3.02. The first-order chi connectivity index (χ1) is 13.9. The van der Waals surface area contributed by atoms with Crippen LogP contribution in [0.5, 0.6) is 5.75 Å². The van der Waals surface area contributed by atoms with Gasteiger partial charge in [0.05, 0.1) is 17.5 Å². The van der Waals surface area contributed by atoms with Gasteiger partial charge in [-0.1, -0.05) is 0 Å². The molecule has 29 heavy (non-hydrogen) atoms. The maximum absolute atomic E-state index is 13.3. The van der Waals surface area contributed by atoms with E-state index in [0.29, 0.717) is 6.07 Å². The zero-order valence-corrected chi connectivity index (χ0v) is 15.7. The number of anilines is 1. The molecule has 0 saturated heterocycles. The van der Waals surface area contributed by atoms with Gasteiger partial charge in [0.1, 0.15) is 23.2 Å². The van der Waals surface area contributed by atoms with Crippen molar-refractivity contribution in [1.29, 1.82) is 0 Å². The molecule has 0 aliphatic carbocycles. The smallest absolute Gasteiger partial charge is 0.257 e. The first-order valence-electron chi connectivity index (χ1n) is 9.03. The summed E-state index contributed by atoms with van der Waals surface area (Å²) in [5.74, 6) is -1.30. The van der Waals surface area contributed by atoms with Gasteiger partial charge < -0.3 is 10.1 Å². The Labute approximate surface area is 166 Å². The van der Waals surface area contributed by atoms with E-state index in [-0.39, 0.29) is 17.5 Å². The molecule has 0 fully saturated rings. The first-order valence-corrected chi connectivity index (χ1v) is 9.03. The van der Waals surface area contributed by atoms with Crippen LogP contribution in [0.15, 0.2) is 59.7 Å². The van der Waals surface area contributed by atoms with E-state index in [1.807, 2.05) is 32.0 Å². The Morgan fingerprint density at radius 3 is 2.52 bits per heavy atom. The molecule has 0 spiro atoms. The summed E-state index contributed by atoms with van der Waals surface area (Å²) in [5, 5.41) is 2.55. The molecule has 7 heteroatoms. The highest BCUT2D eigenvalue weighted by Gasteiger charge is 2.22. The Hall–Kier alpha value is -3.61. The van der Waals surface area contributed by atoms with Crippen molar-refractivity contribution in [2.45, 2.75) is 20.0 Å². The van der Waals surface area contributed by atoms with Gasteiger partial charge in [-0.05, 0) is 56.3 Å². The molecule has 4 rings (SSSR count). The predicted molar refractivity (Wildman–Crippen MR) is 106 cm³/mol. The summed E-state index contributed by atoms with van der Waals surface area (Å²) >= 11 is 0. The fraction of sp³-hybridized carbons (Fsp3) is 0.136. The Kier molecular flexibility index (Phi) is 4.80. The lowest BCUT2D eigenvalue weighted by molar-refractivity contribution is 0.102. The van der Waals surface area contributed by atoms with E-state index in [4.69, 9.17) is 4.74 Å². The number of hydrogen-bond donors (Lipinski definition) is 1. The Bertz CT molecular complexity index is 1120. The van der Waals surface area contributed by atoms with E-state index in [1.54, 1.807) is 12.1 Å². The minimum atomic E-state index is -0.822. The van der Waals surface area contributed by atoms with Crippen LogP contribution in [0.4, 0.5) is 20.3 Å². The van der Waals surface area contributed by atoms with Crippen LogP contribution in [0.3, 0.4) is 0 Å². The highest BCUT2D eigenvalue weighted by Crippen LogP contribution is 2.36. The Balaban J connectivity index is 1.55. The number of carbonyl (C=O) groups is 1. The topological polar surface area (TPSA) is 63.6 Å². The van der Waals surface area contributed by atoms with Crippen molar-refractivity contribution < 1.29 is 18.3 Å². The quantitative estimate of drug-likeness (QED) is 0.526. The van der Waals surface area contributed by atoms with E-state index in [0.717, 1.165) is 40.4 Å². The van der Waals surface area contributed by atoms with Crippen molar-refractivity contribution in [2.24, 2.45) is 4.99 Å². The maximum Gasteiger partial charge on any atom is 0.257 e. The second-order valence-corrected chi connectivity index (χ2v) is 6.85. The molecule has 0 radical (unpaired) electrons. The lowest BCUT2D eigenvalue weighted by atomic mass is 9.96. The van der Waals surface area contributed by atoms with Crippen LogP contribution in [0.25, 0.3) is 0 Å². The largest absolute Gasteiger partial charge is 0.491 e. The van der Waals surface area contributed by atoms with Crippen molar-refractivity contribution >= 4 is 23.1 Å². The number of carbonyl (C=O) groups excluding carboxylic acids is 1. The van der Waals surface area contributed by atoms with Gasteiger partial charge in [-0.15, -0.1) is 0 Å². The second kappa shape index (κ2) is 7.43. The van der Waals surface area contributed by atoms with Crippen molar-refractivity contribution in [3.63, 3.8) is 0 Å². The molecular formula is C22H17F2N3O2. The van der Waals surface area contributed by atoms with Gasteiger partial charge in [0.25, 0.3) is 5.91 Å². The average Bonchev–Trinajstić information content (AvgIpc) is 2.63. The number of fused-ring (bicyclic) bond motifs is 1. The second-order valence-electron chi connectivity index (χ2n) is 6.85. The van der Waals surface area contributed by atoms with Gasteiger partial charge in [-0.3, -0.25) is 4.79 Å². The molecule has 146 valence electrons. The highest BCUT2D eigenvalue weighted by atomic mass is 19.1. The zero-order valence-electron chi connectivity index (χ0n) is 15.7. The highest BCUT2D eigenvalue weighted by molar-refractivity contribution is 6.22. The number of nitrogens with one attached hydrogen (secondary N) is 1. The monoisotopic (exact) mass is 393 g/mol. The van der Waals surface area contributed by atoms with Crippen LogP contribution in [-0.4, -0.2) is 22.7 Å². The number of pyridine rings is 1. The van der Waals surface area contributed by atoms with E-state index >= 15 is 0 Å². The van der Waals surface area contributed by atoms with Crippen LogP contribution in [0, 0.1) is 11.6 Å². The summed E-state index contributed by atoms with van der Waals surface area (Å²) < 4.78 is 32.4. The molecule has 1 aliphatic heterocycles. The number of halogens is 2. The van der Waals surface area contributed by atoms with Crippen LogP contribution < -0.4 is 10.1 Å². The number of rotatable bonds is 5. The molecular weight excluding hydrogens is 376 g/mol. The van der Waals surface area contributed by atoms with E-state index in [2.05, 4.69) is 15.3 Å². The van der Waals surface area contributed by atoms with Crippen LogP contribution in [0.2, 0.25) is 0 Å². The van der Waals surface area contributed by atoms with Crippen molar-refractivity contribution in [3.05, 3.63) is 83.1 Å². The number of aromatic nitrogens is 1. The number of hydrogen-bond acceptors (Lipinski definition) is 4.